The van der Waals surface area contributed by atoms with Crippen molar-refractivity contribution in [2.75, 3.05) is 0 Å². The van der Waals surface area contributed by atoms with Gasteiger partial charge in [-0.1, -0.05) is 15.9 Å². The third-order valence-electron chi connectivity index (χ3n) is 2.75. The third kappa shape index (κ3) is 1.99. The number of phenols is 1. The SMILES string of the molecule is Cc1cc(Br)c(C)c(O)c1-c1cc(C(=O)O)[nH]n1. The second-order valence-electron chi connectivity index (χ2n) is 4.00. The van der Waals surface area contributed by atoms with E-state index in [1.807, 2.05) is 13.0 Å². The van der Waals surface area contributed by atoms with Crippen molar-refractivity contribution in [2.24, 2.45) is 0 Å². The second-order valence-corrected chi connectivity index (χ2v) is 4.85. The second kappa shape index (κ2) is 4.45. The molecule has 0 amide bonds. The van der Waals surface area contributed by atoms with Gasteiger partial charge >= 0.3 is 5.97 Å². The van der Waals surface area contributed by atoms with Crippen LogP contribution >= 0.6 is 15.9 Å². The van der Waals surface area contributed by atoms with E-state index in [-0.39, 0.29) is 11.4 Å². The summed E-state index contributed by atoms with van der Waals surface area (Å²) in [5.74, 6) is -0.981. The van der Waals surface area contributed by atoms with E-state index in [0.717, 1.165) is 10.0 Å². The Hall–Kier alpha value is -1.82. The van der Waals surface area contributed by atoms with Gasteiger partial charge < -0.3 is 10.2 Å². The fourth-order valence-corrected chi connectivity index (χ4v) is 2.27. The topological polar surface area (TPSA) is 86.2 Å². The van der Waals surface area contributed by atoms with Gasteiger partial charge in [0.25, 0.3) is 0 Å². The van der Waals surface area contributed by atoms with Crippen molar-refractivity contribution in [3.8, 4) is 17.0 Å². The number of aromatic nitrogens is 2. The summed E-state index contributed by atoms with van der Waals surface area (Å²) in [6, 6.07) is 3.26. The van der Waals surface area contributed by atoms with Gasteiger partial charge in [0.1, 0.15) is 11.4 Å². The molecule has 0 aliphatic heterocycles. The van der Waals surface area contributed by atoms with Crippen LogP contribution in [0, 0.1) is 13.8 Å². The highest BCUT2D eigenvalue weighted by Crippen LogP contribution is 2.38. The van der Waals surface area contributed by atoms with Gasteiger partial charge in [0, 0.05) is 15.6 Å². The van der Waals surface area contributed by atoms with Crippen molar-refractivity contribution in [3.05, 3.63) is 33.4 Å². The van der Waals surface area contributed by atoms with Gasteiger partial charge in [-0.05, 0) is 31.5 Å². The highest BCUT2D eigenvalue weighted by Gasteiger charge is 2.17. The number of nitrogens with zero attached hydrogens (tertiary/aromatic N) is 1. The lowest BCUT2D eigenvalue weighted by molar-refractivity contribution is 0.0690. The number of benzene rings is 1. The smallest absolute Gasteiger partial charge is 0.353 e. The minimum Gasteiger partial charge on any atom is -0.507 e. The van der Waals surface area contributed by atoms with Crippen molar-refractivity contribution in [1.82, 2.24) is 10.2 Å². The highest BCUT2D eigenvalue weighted by molar-refractivity contribution is 9.10. The van der Waals surface area contributed by atoms with Crippen LogP contribution in [0.25, 0.3) is 11.3 Å². The number of halogens is 1. The maximum absolute atomic E-state index is 10.8. The minimum absolute atomic E-state index is 0.00984. The number of hydrogen-bond donors (Lipinski definition) is 3. The summed E-state index contributed by atoms with van der Waals surface area (Å²) >= 11 is 3.35. The molecular formula is C12H11BrN2O3. The fourth-order valence-electron chi connectivity index (χ4n) is 1.74. The fraction of sp³-hybridized carbons (Fsp3) is 0.167. The summed E-state index contributed by atoms with van der Waals surface area (Å²) in [6.45, 7) is 3.60. The molecule has 0 unspecified atom stereocenters. The first-order valence-electron chi connectivity index (χ1n) is 5.19. The Morgan fingerprint density at radius 2 is 2.06 bits per heavy atom. The Labute approximate surface area is 112 Å². The molecule has 0 radical (unpaired) electrons. The van der Waals surface area contributed by atoms with Crippen LogP contribution in [0.15, 0.2) is 16.6 Å². The van der Waals surface area contributed by atoms with Crippen LogP contribution in [0.3, 0.4) is 0 Å². The average Bonchev–Trinajstić information content (AvgIpc) is 2.75. The number of aromatic amines is 1. The van der Waals surface area contributed by atoms with Crippen LogP contribution in [0.2, 0.25) is 0 Å². The molecule has 1 aromatic carbocycles. The molecule has 0 aliphatic carbocycles. The maximum Gasteiger partial charge on any atom is 0.353 e. The number of hydrogen-bond acceptors (Lipinski definition) is 3. The van der Waals surface area contributed by atoms with E-state index < -0.39 is 5.97 Å². The summed E-state index contributed by atoms with van der Waals surface area (Å²) in [5, 5.41) is 25.3. The van der Waals surface area contributed by atoms with E-state index in [1.54, 1.807) is 6.92 Å². The Balaban J connectivity index is 2.63. The van der Waals surface area contributed by atoms with Crippen LogP contribution in [0.1, 0.15) is 21.6 Å². The molecule has 6 heteroatoms. The molecule has 0 saturated heterocycles. The standard InChI is InChI=1S/C12H11BrN2O3/c1-5-3-7(13)6(2)11(16)10(5)8-4-9(12(17)18)15-14-8/h3-4,16H,1-2H3,(H,14,15)(H,17,18). The summed E-state index contributed by atoms with van der Waals surface area (Å²) in [5.41, 5.74) is 2.45. The van der Waals surface area contributed by atoms with Crippen molar-refractivity contribution >= 4 is 21.9 Å². The zero-order chi connectivity index (χ0) is 13.4. The number of carboxylic acid groups (broad SMARTS) is 1. The lowest BCUT2D eigenvalue weighted by Gasteiger charge is -2.10. The van der Waals surface area contributed by atoms with Gasteiger partial charge in [0.2, 0.25) is 0 Å². The summed E-state index contributed by atoms with van der Waals surface area (Å²) in [7, 11) is 0. The molecule has 18 heavy (non-hydrogen) atoms. The monoisotopic (exact) mass is 310 g/mol. The normalized spacial score (nSPS) is 10.6. The lowest BCUT2D eigenvalue weighted by Crippen LogP contribution is -1.95. The van der Waals surface area contributed by atoms with Gasteiger partial charge in [-0.15, -0.1) is 0 Å². The number of carbonyl (C=O) groups is 1. The van der Waals surface area contributed by atoms with Crippen LogP contribution < -0.4 is 0 Å². The van der Waals surface area contributed by atoms with E-state index in [0.29, 0.717) is 16.8 Å². The number of aromatic hydroxyl groups is 1. The first kappa shape index (κ1) is 12.6. The quantitative estimate of drug-likeness (QED) is 0.796. The molecule has 0 spiro atoms. The van der Waals surface area contributed by atoms with E-state index >= 15 is 0 Å². The van der Waals surface area contributed by atoms with Crippen LogP contribution in [0.4, 0.5) is 0 Å². The van der Waals surface area contributed by atoms with Crippen LogP contribution in [0.5, 0.6) is 5.75 Å². The van der Waals surface area contributed by atoms with Crippen molar-refractivity contribution in [3.63, 3.8) is 0 Å². The van der Waals surface area contributed by atoms with E-state index in [9.17, 15) is 9.90 Å². The number of aryl methyl sites for hydroxylation is 1. The minimum atomic E-state index is -1.08. The zero-order valence-corrected chi connectivity index (χ0v) is 11.4. The third-order valence-corrected chi connectivity index (χ3v) is 3.58. The van der Waals surface area contributed by atoms with Gasteiger partial charge in [-0.3, -0.25) is 5.10 Å². The summed E-state index contributed by atoms with van der Waals surface area (Å²) in [6.07, 6.45) is 0. The van der Waals surface area contributed by atoms with Gasteiger partial charge in [0.05, 0.1) is 5.69 Å². The summed E-state index contributed by atoms with van der Waals surface area (Å²) < 4.78 is 0.801. The van der Waals surface area contributed by atoms with E-state index in [2.05, 4.69) is 26.1 Å². The molecule has 0 saturated carbocycles. The van der Waals surface area contributed by atoms with E-state index in [1.165, 1.54) is 6.07 Å². The molecule has 1 aromatic heterocycles. The van der Waals surface area contributed by atoms with Gasteiger partial charge in [0.15, 0.2) is 0 Å². The zero-order valence-electron chi connectivity index (χ0n) is 9.78. The Bertz CT molecular complexity index is 634. The van der Waals surface area contributed by atoms with Gasteiger partial charge in [-0.2, -0.15) is 5.10 Å². The molecular weight excluding hydrogens is 300 g/mol. The molecule has 0 fully saturated rings. The number of H-pyrrole nitrogens is 1. The molecule has 2 rings (SSSR count). The summed E-state index contributed by atoms with van der Waals surface area (Å²) in [4.78, 5) is 10.8. The molecule has 0 bridgehead atoms. The molecule has 2 aromatic rings. The average molecular weight is 311 g/mol. The number of rotatable bonds is 2. The molecule has 3 N–H and O–H groups in total. The predicted octanol–water partition coefficient (Wildman–Crippen LogP) is 2.86. The Morgan fingerprint density at radius 1 is 1.39 bits per heavy atom. The first-order valence-corrected chi connectivity index (χ1v) is 5.99. The number of aromatic carboxylic acids is 1. The van der Waals surface area contributed by atoms with Crippen molar-refractivity contribution in [1.29, 1.82) is 0 Å². The number of nitrogens with one attached hydrogen (secondary N) is 1. The molecule has 0 aliphatic rings. The van der Waals surface area contributed by atoms with Crippen molar-refractivity contribution in [2.45, 2.75) is 13.8 Å². The highest BCUT2D eigenvalue weighted by atomic mass is 79.9. The first-order chi connectivity index (χ1) is 8.41. The van der Waals surface area contributed by atoms with E-state index in [4.69, 9.17) is 5.11 Å². The lowest BCUT2D eigenvalue weighted by atomic mass is 10.0. The number of carboxylic acids is 1. The largest absolute Gasteiger partial charge is 0.507 e. The van der Waals surface area contributed by atoms with Crippen molar-refractivity contribution < 1.29 is 15.0 Å². The molecule has 0 atom stereocenters. The molecule has 5 nitrogen and oxygen atoms in total. The van der Waals surface area contributed by atoms with Crippen LogP contribution in [-0.4, -0.2) is 26.4 Å². The Kier molecular flexibility index (Phi) is 3.13. The molecule has 94 valence electrons. The number of phenolic OH excluding ortho intramolecular Hbond substituents is 1. The van der Waals surface area contributed by atoms with Gasteiger partial charge in [-0.25, -0.2) is 4.79 Å². The molecule has 1 heterocycles. The van der Waals surface area contributed by atoms with Crippen LogP contribution in [-0.2, 0) is 0 Å². The maximum atomic E-state index is 10.8. The predicted molar refractivity (Wildman–Crippen MR) is 69.8 cm³/mol. The Morgan fingerprint density at radius 3 is 2.61 bits per heavy atom.